The van der Waals surface area contributed by atoms with Gasteiger partial charge in [-0.05, 0) is 23.8 Å². The lowest BCUT2D eigenvalue weighted by Crippen LogP contribution is -2.30. The van der Waals surface area contributed by atoms with E-state index in [0.717, 1.165) is 17.3 Å². The van der Waals surface area contributed by atoms with Gasteiger partial charge >= 0.3 is 5.97 Å². The molecule has 0 unspecified atom stereocenters. The Morgan fingerprint density at radius 2 is 1.96 bits per heavy atom. The van der Waals surface area contributed by atoms with Gasteiger partial charge in [-0.25, -0.2) is 0 Å². The average Bonchev–Trinajstić information content (AvgIpc) is 2.94. The third-order valence-corrected chi connectivity index (χ3v) is 5.34. The van der Waals surface area contributed by atoms with Crippen LogP contribution in [0.15, 0.2) is 53.4 Å². The van der Waals surface area contributed by atoms with Crippen molar-refractivity contribution in [1.29, 1.82) is 0 Å². The van der Waals surface area contributed by atoms with Crippen molar-refractivity contribution in [3.05, 3.63) is 64.6 Å². The molecule has 0 aromatic heterocycles. The highest BCUT2D eigenvalue weighted by molar-refractivity contribution is 8.26. The highest BCUT2D eigenvalue weighted by Crippen LogP contribution is 2.35. The van der Waals surface area contributed by atoms with Crippen LogP contribution in [0.1, 0.15) is 17.5 Å². The number of thiocarbonyl (C=S) groups is 1. The molecule has 6 nitrogen and oxygen atoms in total. The van der Waals surface area contributed by atoms with Crippen molar-refractivity contribution in [2.45, 2.75) is 13.0 Å². The minimum atomic E-state index is -0.998. The molecule has 1 aliphatic heterocycles. The molecule has 1 aliphatic rings. The Labute approximate surface area is 171 Å². The molecular formula is C20H17NO5S2. The number of thioether (sulfide) groups is 1. The van der Waals surface area contributed by atoms with Gasteiger partial charge in [0, 0.05) is 18.2 Å². The second-order valence-electron chi connectivity index (χ2n) is 5.97. The normalized spacial score (nSPS) is 15.3. The standard InChI is InChI=1S/C20H17NO5S2/c22-16-11-15(26-12-13-4-2-1-3-5-13)7-6-14(16)10-17-19(25)21(20(27)28-17)9-8-18(23)24/h1-7,10-11,22H,8-9,12H2,(H,23,24). The SMILES string of the molecule is O=C(O)CCN1C(=O)C(=Cc2ccc(OCc3ccccc3)cc2O)SC1=S. The molecule has 0 atom stereocenters. The van der Waals surface area contributed by atoms with E-state index >= 15 is 0 Å². The predicted molar refractivity (Wildman–Crippen MR) is 111 cm³/mol. The minimum absolute atomic E-state index is 0.0234. The van der Waals surface area contributed by atoms with E-state index in [1.165, 1.54) is 17.0 Å². The van der Waals surface area contributed by atoms with Crippen LogP contribution in [0.3, 0.4) is 0 Å². The van der Waals surface area contributed by atoms with Gasteiger partial charge in [0.15, 0.2) is 0 Å². The highest BCUT2D eigenvalue weighted by atomic mass is 32.2. The Morgan fingerprint density at radius 3 is 2.64 bits per heavy atom. The lowest BCUT2D eigenvalue weighted by molar-refractivity contribution is -0.137. The van der Waals surface area contributed by atoms with E-state index in [4.69, 9.17) is 22.1 Å². The zero-order valence-corrected chi connectivity index (χ0v) is 16.3. The van der Waals surface area contributed by atoms with E-state index in [1.54, 1.807) is 12.1 Å². The number of aromatic hydroxyl groups is 1. The number of carboxylic acids is 1. The number of aliphatic carboxylic acids is 1. The smallest absolute Gasteiger partial charge is 0.305 e. The van der Waals surface area contributed by atoms with E-state index in [1.807, 2.05) is 30.3 Å². The molecule has 0 aliphatic carbocycles. The van der Waals surface area contributed by atoms with Gasteiger partial charge in [-0.1, -0.05) is 54.3 Å². The molecule has 0 radical (unpaired) electrons. The van der Waals surface area contributed by atoms with E-state index in [9.17, 15) is 14.7 Å². The van der Waals surface area contributed by atoms with E-state index < -0.39 is 5.97 Å². The van der Waals surface area contributed by atoms with E-state index in [-0.39, 0.29) is 24.6 Å². The predicted octanol–water partition coefficient (Wildman–Crippen LogP) is 3.65. The molecule has 2 aromatic rings. The fraction of sp³-hybridized carbons (Fsp3) is 0.150. The summed E-state index contributed by atoms with van der Waals surface area (Å²) < 4.78 is 5.98. The summed E-state index contributed by atoms with van der Waals surface area (Å²) in [7, 11) is 0. The van der Waals surface area contributed by atoms with Gasteiger partial charge in [-0.3, -0.25) is 14.5 Å². The third-order valence-electron chi connectivity index (χ3n) is 3.96. The molecule has 0 spiro atoms. The first-order valence-corrected chi connectivity index (χ1v) is 9.63. The molecule has 144 valence electrons. The summed E-state index contributed by atoms with van der Waals surface area (Å²) >= 11 is 6.23. The molecule has 3 rings (SSSR count). The summed E-state index contributed by atoms with van der Waals surface area (Å²) in [6, 6.07) is 14.5. The van der Waals surface area contributed by atoms with Crippen molar-refractivity contribution in [2.75, 3.05) is 6.54 Å². The van der Waals surface area contributed by atoms with Crippen molar-refractivity contribution in [1.82, 2.24) is 4.90 Å². The van der Waals surface area contributed by atoms with Crippen LogP contribution < -0.4 is 4.74 Å². The third kappa shape index (κ3) is 4.90. The molecule has 1 fully saturated rings. The van der Waals surface area contributed by atoms with Crippen LogP contribution in [0.25, 0.3) is 6.08 Å². The van der Waals surface area contributed by atoms with Crippen LogP contribution >= 0.6 is 24.0 Å². The van der Waals surface area contributed by atoms with Crippen LogP contribution in [-0.4, -0.2) is 37.9 Å². The number of rotatable bonds is 7. The summed E-state index contributed by atoms with van der Waals surface area (Å²) in [5.74, 6) is -0.879. The van der Waals surface area contributed by atoms with Gasteiger partial charge in [0.25, 0.3) is 5.91 Å². The fourth-order valence-corrected chi connectivity index (χ4v) is 3.82. The van der Waals surface area contributed by atoms with Crippen LogP contribution in [0.4, 0.5) is 0 Å². The number of carboxylic acid groups (broad SMARTS) is 1. The first-order chi connectivity index (χ1) is 13.4. The number of phenolic OH excluding ortho intramolecular Hbond substituents is 1. The van der Waals surface area contributed by atoms with Gasteiger partial charge in [0.05, 0.1) is 11.3 Å². The lowest BCUT2D eigenvalue weighted by atomic mass is 10.1. The van der Waals surface area contributed by atoms with Crippen LogP contribution in [0, 0.1) is 0 Å². The number of carbonyl (C=O) groups excluding carboxylic acids is 1. The maximum atomic E-state index is 12.4. The van der Waals surface area contributed by atoms with Gasteiger partial charge in [0.1, 0.15) is 22.4 Å². The average molecular weight is 415 g/mol. The molecule has 2 N–H and O–H groups in total. The Kier molecular flexibility index (Phi) is 6.33. The van der Waals surface area contributed by atoms with Crippen molar-refractivity contribution < 1.29 is 24.5 Å². The van der Waals surface area contributed by atoms with Crippen molar-refractivity contribution in [2.24, 2.45) is 0 Å². The minimum Gasteiger partial charge on any atom is -0.507 e. The molecule has 2 aromatic carbocycles. The van der Waals surface area contributed by atoms with Gasteiger partial charge in [0.2, 0.25) is 0 Å². The molecule has 28 heavy (non-hydrogen) atoms. The zero-order valence-electron chi connectivity index (χ0n) is 14.7. The number of benzene rings is 2. The molecule has 1 amide bonds. The van der Waals surface area contributed by atoms with E-state index in [2.05, 4.69) is 0 Å². The summed E-state index contributed by atoms with van der Waals surface area (Å²) in [6.07, 6.45) is 1.36. The molecule has 0 saturated carbocycles. The number of amides is 1. The molecule has 1 heterocycles. The number of nitrogens with zero attached hydrogens (tertiary/aromatic N) is 1. The number of hydrogen-bond acceptors (Lipinski definition) is 6. The quantitative estimate of drug-likeness (QED) is 0.527. The van der Waals surface area contributed by atoms with Crippen LogP contribution in [-0.2, 0) is 16.2 Å². The first-order valence-electron chi connectivity index (χ1n) is 8.41. The topological polar surface area (TPSA) is 87.1 Å². The Hall–Kier alpha value is -2.84. The van der Waals surface area contributed by atoms with Crippen molar-refractivity contribution in [3.63, 3.8) is 0 Å². The number of hydrogen-bond donors (Lipinski definition) is 2. The van der Waals surface area contributed by atoms with Gasteiger partial charge in [-0.2, -0.15) is 0 Å². The van der Waals surface area contributed by atoms with Crippen molar-refractivity contribution >= 4 is 46.3 Å². The Morgan fingerprint density at radius 1 is 1.21 bits per heavy atom. The highest BCUT2D eigenvalue weighted by Gasteiger charge is 2.32. The summed E-state index contributed by atoms with van der Waals surface area (Å²) in [4.78, 5) is 24.7. The lowest BCUT2D eigenvalue weighted by Gasteiger charge is -2.12. The zero-order chi connectivity index (χ0) is 20.1. The van der Waals surface area contributed by atoms with Crippen molar-refractivity contribution in [3.8, 4) is 11.5 Å². The maximum absolute atomic E-state index is 12.4. The monoisotopic (exact) mass is 415 g/mol. The second-order valence-corrected chi connectivity index (χ2v) is 7.65. The summed E-state index contributed by atoms with van der Waals surface area (Å²) in [5.41, 5.74) is 1.46. The Bertz CT molecular complexity index is 943. The fourth-order valence-electron chi connectivity index (χ4n) is 2.52. The molecule has 0 bridgehead atoms. The van der Waals surface area contributed by atoms with Crippen LogP contribution in [0.5, 0.6) is 11.5 Å². The summed E-state index contributed by atoms with van der Waals surface area (Å²) in [6.45, 7) is 0.400. The molecule has 1 saturated heterocycles. The van der Waals surface area contributed by atoms with Gasteiger partial charge in [-0.15, -0.1) is 0 Å². The second kappa shape index (κ2) is 8.90. The molecule has 8 heteroatoms. The number of carbonyl (C=O) groups is 2. The number of ether oxygens (including phenoxy) is 1. The maximum Gasteiger partial charge on any atom is 0.305 e. The number of phenols is 1. The first kappa shape index (κ1) is 19.9. The van der Waals surface area contributed by atoms with Gasteiger partial charge < -0.3 is 14.9 Å². The van der Waals surface area contributed by atoms with E-state index in [0.29, 0.717) is 27.1 Å². The summed E-state index contributed by atoms with van der Waals surface area (Å²) in [5, 5.41) is 19.1. The largest absolute Gasteiger partial charge is 0.507 e. The Balaban J connectivity index is 1.69. The molecular weight excluding hydrogens is 398 g/mol. The van der Waals surface area contributed by atoms with Crippen LogP contribution in [0.2, 0.25) is 0 Å².